The Balaban J connectivity index is 2.78. The Morgan fingerprint density at radius 2 is 2.29 bits per heavy atom. The first-order valence-electron chi connectivity index (χ1n) is 3.81. The van der Waals surface area contributed by atoms with E-state index in [4.69, 9.17) is 10.3 Å². The molecule has 0 saturated carbocycles. The molecule has 0 aliphatic rings. The van der Waals surface area contributed by atoms with E-state index in [0.717, 1.165) is 0 Å². The van der Waals surface area contributed by atoms with E-state index in [-0.39, 0.29) is 5.75 Å². The van der Waals surface area contributed by atoms with E-state index < -0.39 is 17.1 Å². The van der Waals surface area contributed by atoms with Crippen LogP contribution in [0.4, 0.5) is 10.5 Å². The second kappa shape index (κ2) is 4.73. The van der Waals surface area contributed by atoms with Crippen LogP contribution in [0.2, 0.25) is 0 Å². The number of anilines is 1. The zero-order valence-electron chi connectivity index (χ0n) is 7.27. The lowest BCUT2D eigenvalue weighted by atomic mass is 10.2. The van der Waals surface area contributed by atoms with Crippen LogP contribution in [-0.2, 0) is 16.8 Å². The Morgan fingerprint density at radius 1 is 1.57 bits per heavy atom. The molecule has 2 amide bonds. The Kier molecular flexibility index (Phi) is 3.61. The number of nitrogens with two attached hydrogens (primary N) is 1. The van der Waals surface area contributed by atoms with Gasteiger partial charge in [-0.1, -0.05) is 12.1 Å². The molecule has 5 nitrogen and oxygen atoms in total. The Morgan fingerprint density at radius 3 is 2.86 bits per heavy atom. The number of primary amides is 1. The maximum absolute atomic E-state index is 10.5. The van der Waals surface area contributed by atoms with E-state index in [9.17, 15) is 9.00 Å². The molecule has 1 unspecified atom stereocenters. The molecular weight excluding hydrogens is 204 g/mol. The number of rotatable bonds is 3. The predicted octanol–water partition coefficient (Wildman–Crippen LogP) is 0.899. The van der Waals surface area contributed by atoms with E-state index >= 15 is 0 Å². The number of urea groups is 1. The van der Waals surface area contributed by atoms with E-state index in [1.54, 1.807) is 24.3 Å². The smallest absolute Gasteiger partial charge is 0.316 e. The largest absolute Gasteiger partial charge is 0.351 e. The van der Waals surface area contributed by atoms with Gasteiger partial charge in [-0.2, -0.15) is 0 Å². The van der Waals surface area contributed by atoms with Crippen LogP contribution in [0.3, 0.4) is 0 Å². The molecule has 6 heteroatoms. The Hall–Kier alpha value is -1.40. The van der Waals surface area contributed by atoms with E-state index in [1.165, 1.54) is 0 Å². The molecule has 0 bridgehead atoms. The first-order chi connectivity index (χ1) is 6.58. The number of nitrogens with one attached hydrogen (secondary N) is 1. The van der Waals surface area contributed by atoms with Gasteiger partial charge >= 0.3 is 6.03 Å². The zero-order chi connectivity index (χ0) is 10.6. The molecule has 0 aliphatic heterocycles. The van der Waals surface area contributed by atoms with Gasteiger partial charge in [0, 0.05) is 5.69 Å². The monoisotopic (exact) mass is 214 g/mol. The molecule has 0 saturated heterocycles. The van der Waals surface area contributed by atoms with Crippen molar-refractivity contribution in [3.8, 4) is 0 Å². The minimum Gasteiger partial charge on any atom is -0.351 e. The van der Waals surface area contributed by atoms with Gasteiger partial charge in [0.1, 0.15) is 0 Å². The summed E-state index contributed by atoms with van der Waals surface area (Å²) < 4.78 is 19.1. The fourth-order valence-electron chi connectivity index (χ4n) is 1.02. The highest BCUT2D eigenvalue weighted by molar-refractivity contribution is 7.78. The molecule has 1 aromatic rings. The third kappa shape index (κ3) is 3.55. The van der Waals surface area contributed by atoms with Crippen LogP contribution in [0.5, 0.6) is 0 Å². The summed E-state index contributed by atoms with van der Waals surface area (Å²) in [5, 5.41) is 2.38. The van der Waals surface area contributed by atoms with Gasteiger partial charge in [0.25, 0.3) is 0 Å². The zero-order valence-corrected chi connectivity index (χ0v) is 8.08. The number of hydrogen-bond acceptors (Lipinski definition) is 2. The van der Waals surface area contributed by atoms with Crippen LogP contribution >= 0.6 is 0 Å². The quantitative estimate of drug-likeness (QED) is 0.652. The third-order valence-electron chi connectivity index (χ3n) is 1.48. The van der Waals surface area contributed by atoms with Crippen molar-refractivity contribution in [2.24, 2.45) is 5.73 Å². The second-order valence-corrected chi connectivity index (χ2v) is 3.59. The summed E-state index contributed by atoms with van der Waals surface area (Å²) in [5.74, 6) is 0.0360. The van der Waals surface area contributed by atoms with Crippen molar-refractivity contribution in [1.29, 1.82) is 0 Å². The first-order valence-corrected chi connectivity index (χ1v) is 5.08. The minimum absolute atomic E-state index is 0.0360. The van der Waals surface area contributed by atoms with Gasteiger partial charge in [0.15, 0.2) is 11.1 Å². The molecule has 0 fully saturated rings. The average molecular weight is 214 g/mol. The summed E-state index contributed by atoms with van der Waals surface area (Å²) >= 11 is -1.88. The fourth-order valence-corrected chi connectivity index (χ4v) is 1.49. The number of amides is 2. The van der Waals surface area contributed by atoms with Gasteiger partial charge in [-0.25, -0.2) is 9.00 Å². The van der Waals surface area contributed by atoms with Crippen molar-refractivity contribution in [2.75, 3.05) is 5.32 Å². The van der Waals surface area contributed by atoms with E-state index in [2.05, 4.69) is 5.32 Å². The van der Waals surface area contributed by atoms with Gasteiger partial charge in [-0.05, 0) is 17.7 Å². The van der Waals surface area contributed by atoms with Crippen LogP contribution in [0.25, 0.3) is 0 Å². The van der Waals surface area contributed by atoms with Crippen LogP contribution in [-0.4, -0.2) is 14.8 Å². The average Bonchev–Trinajstić information content (AvgIpc) is 2.01. The highest BCUT2D eigenvalue weighted by Gasteiger charge is 2.00. The third-order valence-corrected chi connectivity index (χ3v) is 2.06. The lowest BCUT2D eigenvalue weighted by molar-refractivity contribution is 0.259. The molecule has 4 N–H and O–H groups in total. The molecule has 1 aromatic carbocycles. The normalized spacial score (nSPS) is 12.1. The number of benzene rings is 1. The summed E-state index contributed by atoms with van der Waals surface area (Å²) in [5.41, 5.74) is 6.09. The maximum atomic E-state index is 10.5. The molecule has 0 heterocycles. The molecule has 14 heavy (non-hydrogen) atoms. The Bertz CT molecular complexity index is 336. The molecular formula is C8H10N2O3S. The molecule has 0 aromatic heterocycles. The topological polar surface area (TPSA) is 92.4 Å². The van der Waals surface area contributed by atoms with Gasteiger partial charge in [-0.3, -0.25) is 0 Å². The number of carbonyl (C=O) groups is 1. The van der Waals surface area contributed by atoms with Crippen LogP contribution in [0.15, 0.2) is 24.3 Å². The summed E-state index contributed by atoms with van der Waals surface area (Å²) in [6.07, 6.45) is 0. The minimum atomic E-state index is -1.88. The van der Waals surface area contributed by atoms with Crippen molar-refractivity contribution in [1.82, 2.24) is 0 Å². The van der Waals surface area contributed by atoms with Gasteiger partial charge < -0.3 is 15.6 Å². The van der Waals surface area contributed by atoms with Crippen molar-refractivity contribution in [2.45, 2.75) is 5.75 Å². The standard InChI is InChI=1S/C8H10N2O3S/c9-8(11)10-7-3-1-2-6(4-7)5-14(12)13/h1-4H,5H2,(H,12,13)(H3,9,10,11). The molecule has 0 radical (unpaired) electrons. The van der Waals surface area contributed by atoms with Gasteiger partial charge in [0.05, 0.1) is 5.75 Å². The maximum Gasteiger partial charge on any atom is 0.316 e. The van der Waals surface area contributed by atoms with E-state index in [0.29, 0.717) is 11.3 Å². The molecule has 1 rings (SSSR count). The summed E-state index contributed by atoms with van der Waals surface area (Å²) in [4.78, 5) is 10.5. The van der Waals surface area contributed by atoms with Gasteiger partial charge in [-0.15, -0.1) is 0 Å². The van der Waals surface area contributed by atoms with Crippen molar-refractivity contribution in [3.63, 3.8) is 0 Å². The fraction of sp³-hybridized carbons (Fsp3) is 0.125. The van der Waals surface area contributed by atoms with Crippen LogP contribution < -0.4 is 11.1 Å². The van der Waals surface area contributed by atoms with Crippen LogP contribution in [0.1, 0.15) is 5.56 Å². The number of carbonyl (C=O) groups excluding carboxylic acids is 1. The van der Waals surface area contributed by atoms with Crippen molar-refractivity contribution >= 4 is 22.8 Å². The molecule has 76 valence electrons. The van der Waals surface area contributed by atoms with Crippen molar-refractivity contribution < 1.29 is 13.6 Å². The summed E-state index contributed by atoms with van der Waals surface area (Å²) in [7, 11) is 0. The van der Waals surface area contributed by atoms with E-state index in [1.807, 2.05) is 0 Å². The lowest BCUT2D eigenvalue weighted by Crippen LogP contribution is -2.19. The molecule has 0 aliphatic carbocycles. The molecule has 0 spiro atoms. The highest BCUT2D eigenvalue weighted by atomic mass is 32.2. The SMILES string of the molecule is NC(=O)Nc1cccc(CS(=O)O)c1. The highest BCUT2D eigenvalue weighted by Crippen LogP contribution is 2.11. The second-order valence-electron chi connectivity index (χ2n) is 2.66. The van der Waals surface area contributed by atoms with Gasteiger partial charge in [0.2, 0.25) is 0 Å². The summed E-state index contributed by atoms with van der Waals surface area (Å²) in [6, 6.07) is 5.95. The first kappa shape index (κ1) is 10.7. The predicted molar refractivity (Wildman–Crippen MR) is 54.1 cm³/mol. The Labute approximate surface area is 83.6 Å². The number of hydrogen-bond donors (Lipinski definition) is 3. The van der Waals surface area contributed by atoms with Crippen molar-refractivity contribution in [3.05, 3.63) is 29.8 Å². The van der Waals surface area contributed by atoms with Crippen LogP contribution in [0, 0.1) is 0 Å². The molecule has 1 atom stereocenters. The summed E-state index contributed by atoms with van der Waals surface area (Å²) in [6.45, 7) is 0. The lowest BCUT2D eigenvalue weighted by Gasteiger charge is -2.03.